The molecule has 17 heavy (non-hydrogen) atoms. The lowest BCUT2D eigenvalue weighted by atomic mass is 10.5. The Morgan fingerprint density at radius 2 is 2.35 bits per heavy atom. The molecule has 1 N–H and O–H groups in total. The van der Waals surface area contributed by atoms with E-state index in [1.54, 1.807) is 6.33 Å². The van der Waals surface area contributed by atoms with Gasteiger partial charge in [-0.25, -0.2) is 14.5 Å². The topological polar surface area (TPSA) is 63.3 Å². The smallest absolute Gasteiger partial charge is 0.254 e. The predicted molar refractivity (Wildman–Crippen MR) is 61.4 cm³/mol. The predicted octanol–water partition coefficient (Wildman–Crippen LogP) is 0.617. The lowest BCUT2D eigenvalue weighted by molar-refractivity contribution is -0.686. The molecule has 6 nitrogen and oxygen atoms in total. The van der Waals surface area contributed by atoms with Gasteiger partial charge in [-0.05, 0) is 0 Å². The number of aromatic amines is 1. The van der Waals surface area contributed by atoms with Crippen LogP contribution >= 0.6 is 0 Å². The highest BCUT2D eigenvalue weighted by molar-refractivity contribution is 5.77. The van der Waals surface area contributed by atoms with Crippen molar-refractivity contribution in [2.24, 2.45) is 0 Å². The second kappa shape index (κ2) is 3.82. The minimum absolute atomic E-state index is 0.666. The minimum Gasteiger partial charge on any atom is -0.338 e. The van der Waals surface area contributed by atoms with Crippen LogP contribution in [0.1, 0.15) is 0 Å². The zero-order valence-electron chi connectivity index (χ0n) is 9.11. The molecule has 0 saturated carbocycles. The Hall–Kier alpha value is -2.50. The maximum Gasteiger partial charge on any atom is 0.254 e. The van der Waals surface area contributed by atoms with E-state index in [0.29, 0.717) is 5.65 Å². The summed E-state index contributed by atoms with van der Waals surface area (Å²) in [7, 11) is 0. The van der Waals surface area contributed by atoms with E-state index in [0.717, 1.165) is 17.9 Å². The largest absolute Gasteiger partial charge is 0.338 e. The molecule has 0 amide bonds. The van der Waals surface area contributed by atoms with E-state index in [-0.39, 0.29) is 0 Å². The van der Waals surface area contributed by atoms with E-state index >= 15 is 0 Å². The number of allylic oxidation sites excluding steroid dienone is 1. The van der Waals surface area contributed by atoms with Gasteiger partial charge in [0.15, 0.2) is 11.2 Å². The molecule has 0 aliphatic carbocycles. The number of H-pyrrole nitrogens is 1. The van der Waals surface area contributed by atoms with Crippen LogP contribution in [0.2, 0.25) is 0 Å². The molecule has 0 atom stereocenters. The number of imidazole rings is 2. The molecule has 6 heteroatoms. The fraction of sp³-hybridized carbons (Fsp3) is 0.0909. The first kappa shape index (κ1) is 9.71. The number of nitrogens with zero attached hydrogens (tertiary/aromatic N) is 5. The van der Waals surface area contributed by atoms with Gasteiger partial charge < -0.3 is 4.98 Å². The fourth-order valence-corrected chi connectivity index (χ4v) is 1.72. The molecule has 0 fully saturated rings. The molecule has 3 heterocycles. The first-order chi connectivity index (χ1) is 8.38. The van der Waals surface area contributed by atoms with Crippen molar-refractivity contribution >= 4 is 11.2 Å². The van der Waals surface area contributed by atoms with Crippen LogP contribution < -0.4 is 4.57 Å². The Kier molecular flexibility index (Phi) is 2.18. The summed E-state index contributed by atoms with van der Waals surface area (Å²) in [5.74, 6) is 0.787. The van der Waals surface area contributed by atoms with Crippen LogP contribution in [0.15, 0.2) is 44.0 Å². The normalized spacial score (nSPS) is 10.8. The Labute approximate surface area is 97.3 Å². The van der Waals surface area contributed by atoms with Gasteiger partial charge in [-0.15, -0.1) is 0 Å². The molecule has 3 aromatic heterocycles. The Morgan fingerprint density at radius 1 is 1.41 bits per heavy atom. The SMILES string of the molecule is C=CC[n+]1ccn(-c2ncnc3nc[nH]c23)c1. The van der Waals surface area contributed by atoms with Gasteiger partial charge in [0.25, 0.3) is 12.1 Å². The summed E-state index contributed by atoms with van der Waals surface area (Å²) in [6.45, 7) is 4.48. The lowest BCUT2D eigenvalue weighted by Gasteiger charge is -1.94. The number of rotatable bonds is 3. The van der Waals surface area contributed by atoms with Crippen molar-refractivity contribution in [1.82, 2.24) is 24.5 Å². The van der Waals surface area contributed by atoms with Crippen molar-refractivity contribution in [2.45, 2.75) is 6.54 Å². The van der Waals surface area contributed by atoms with Gasteiger partial charge in [-0.2, -0.15) is 9.55 Å². The number of nitrogens with one attached hydrogen (secondary N) is 1. The molecule has 3 rings (SSSR count). The summed E-state index contributed by atoms with van der Waals surface area (Å²) >= 11 is 0. The molecule has 0 radical (unpaired) electrons. The lowest BCUT2D eigenvalue weighted by Crippen LogP contribution is -2.29. The Morgan fingerprint density at radius 3 is 3.24 bits per heavy atom. The van der Waals surface area contributed by atoms with Gasteiger partial charge >= 0.3 is 0 Å². The maximum atomic E-state index is 4.26. The summed E-state index contributed by atoms with van der Waals surface area (Å²) in [6.07, 6.45) is 10.8. The van der Waals surface area contributed by atoms with Gasteiger partial charge in [-0.1, -0.05) is 12.7 Å². The number of hydrogen-bond acceptors (Lipinski definition) is 3. The van der Waals surface area contributed by atoms with E-state index in [9.17, 15) is 0 Å². The monoisotopic (exact) mass is 227 g/mol. The second-order valence-corrected chi connectivity index (χ2v) is 3.60. The van der Waals surface area contributed by atoms with E-state index < -0.39 is 0 Å². The molecule has 0 aliphatic heterocycles. The first-order valence-corrected chi connectivity index (χ1v) is 5.21. The zero-order chi connectivity index (χ0) is 11.7. The van der Waals surface area contributed by atoms with Crippen molar-refractivity contribution in [3.63, 3.8) is 0 Å². The minimum atomic E-state index is 0.666. The van der Waals surface area contributed by atoms with Crippen LogP contribution in [0.3, 0.4) is 0 Å². The third-order valence-corrected chi connectivity index (χ3v) is 2.48. The second-order valence-electron chi connectivity index (χ2n) is 3.60. The Balaban J connectivity index is 2.13. The van der Waals surface area contributed by atoms with Crippen LogP contribution in [-0.4, -0.2) is 24.5 Å². The van der Waals surface area contributed by atoms with Crippen molar-refractivity contribution in [1.29, 1.82) is 0 Å². The van der Waals surface area contributed by atoms with Gasteiger partial charge in [0, 0.05) is 0 Å². The molecule has 3 aromatic rings. The van der Waals surface area contributed by atoms with Gasteiger partial charge in [-0.3, -0.25) is 0 Å². The van der Waals surface area contributed by atoms with Gasteiger partial charge in [0.2, 0.25) is 0 Å². The molecule has 0 unspecified atom stereocenters. The van der Waals surface area contributed by atoms with Crippen LogP contribution in [0.5, 0.6) is 0 Å². The maximum absolute atomic E-state index is 4.26. The molecule has 0 aromatic carbocycles. The van der Waals surface area contributed by atoms with Crippen molar-refractivity contribution in [3.05, 3.63) is 44.0 Å². The van der Waals surface area contributed by atoms with Crippen LogP contribution in [0, 0.1) is 0 Å². The number of hydrogen-bond donors (Lipinski definition) is 1. The third kappa shape index (κ3) is 1.59. The summed E-state index contributed by atoms with van der Waals surface area (Å²) < 4.78 is 3.93. The highest BCUT2D eigenvalue weighted by atomic mass is 15.2. The van der Waals surface area contributed by atoms with E-state index in [2.05, 4.69) is 26.5 Å². The van der Waals surface area contributed by atoms with Crippen LogP contribution in [0.4, 0.5) is 0 Å². The molecule has 0 bridgehead atoms. The average Bonchev–Trinajstić information content (AvgIpc) is 2.96. The summed E-state index contributed by atoms with van der Waals surface area (Å²) in [4.78, 5) is 15.5. The van der Waals surface area contributed by atoms with Crippen LogP contribution in [-0.2, 0) is 6.54 Å². The molecule has 0 saturated heterocycles. The number of aromatic nitrogens is 6. The Bertz CT molecular complexity index is 665. The highest BCUT2D eigenvalue weighted by Gasteiger charge is 2.13. The fourth-order valence-electron chi connectivity index (χ4n) is 1.72. The molecule has 84 valence electrons. The molecule has 0 aliphatic rings. The highest BCUT2D eigenvalue weighted by Crippen LogP contribution is 2.12. The van der Waals surface area contributed by atoms with E-state index in [1.807, 2.05) is 33.9 Å². The van der Waals surface area contributed by atoms with Crippen molar-refractivity contribution in [3.8, 4) is 5.82 Å². The number of fused-ring (bicyclic) bond motifs is 1. The standard InChI is InChI=1S/C11H11N6/c1-2-3-16-4-5-17(8-16)11-9-10(13-6-12-9)14-7-15-11/h2,4-8H,1,3H2,(H,12,13,14,15)/q+1. The van der Waals surface area contributed by atoms with E-state index in [1.165, 1.54) is 6.33 Å². The average molecular weight is 227 g/mol. The van der Waals surface area contributed by atoms with Crippen molar-refractivity contribution < 1.29 is 4.57 Å². The van der Waals surface area contributed by atoms with Crippen LogP contribution in [0.25, 0.3) is 17.0 Å². The summed E-state index contributed by atoms with van der Waals surface area (Å²) in [5.41, 5.74) is 1.49. The third-order valence-electron chi connectivity index (χ3n) is 2.48. The zero-order valence-corrected chi connectivity index (χ0v) is 9.11. The summed E-state index contributed by atoms with van der Waals surface area (Å²) in [5, 5.41) is 0. The molecule has 0 spiro atoms. The van der Waals surface area contributed by atoms with Gasteiger partial charge in [0.1, 0.15) is 25.3 Å². The van der Waals surface area contributed by atoms with Gasteiger partial charge in [0.05, 0.1) is 6.33 Å². The first-order valence-electron chi connectivity index (χ1n) is 5.21. The molecular formula is C11H11N6+. The molecular weight excluding hydrogens is 216 g/mol. The quantitative estimate of drug-likeness (QED) is 0.527. The van der Waals surface area contributed by atoms with E-state index in [4.69, 9.17) is 0 Å². The van der Waals surface area contributed by atoms with Crippen molar-refractivity contribution in [2.75, 3.05) is 0 Å². The summed E-state index contributed by atoms with van der Waals surface area (Å²) in [6, 6.07) is 0.